The van der Waals surface area contributed by atoms with Crippen LogP contribution < -0.4 is 0 Å². The second kappa shape index (κ2) is 8.43. The summed E-state index contributed by atoms with van der Waals surface area (Å²) in [4.78, 5) is 10.6. The molecule has 0 aliphatic rings. The zero-order chi connectivity index (χ0) is 9.94. The lowest BCUT2D eigenvalue weighted by Crippen LogP contribution is -1.97. The van der Waals surface area contributed by atoms with Crippen LogP contribution in [0.15, 0.2) is 12.2 Å². The lowest BCUT2D eigenvalue weighted by Gasteiger charge is -1.91. The molecule has 68 valence electrons. The number of rotatable bonds is 2. The first kappa shape index (κ1) is 11.3. The fraction of sp³-hybridized carbons (Fsp3) is 0.364. The van der Waals surface area contributed by atoms with E-state index < -0.39 is 0 Å². The van der Waals surface area contributed by atoms with Gasteiger partial charge in [-0.05, 0) is 24.8 Å². The maximum absolute atomic E-state index is 10.6. The van der Waals surface area contributed by atoms with Crippen molar-refractivity contribution in [3.05, 3.63) is 12.2 Å². The molecule has 0 fully saturated rings. The van der Waals surface area contributed by atoms with Crippen molar-refractivity contribution >= 4 is 5.97 Å². The van der Waals surface area contributed by atoms with Crippen LogP contribution in [0.25, 0.3) is 0 Å². The number of carbonyl (C=O) groups is 1. The quantitative estimate of drug-likeness (QED) is 0.471. The summed E-state index contributed by atoms with van der Waals surface area (Å²) in [5.41, 5.74) is 0. The van der Waals surface area contributed by atoms with E-state index in [1.807, 2.05) is 13.0 Å². The molecule has 0 atom stereocenters. The molecule has 0 aliphatic heterocycles. The lowest BCUT2D eigenvalue weighted by molar-refractivity contribution is -0.140. The predicted molar refractivity (Wildman–Crippen MR) is 51.6 cm³/mol. The first-order chi connectivity index (χ1) is 6.31. The molecule has 0 aromatic heterocycles. The number of hydrogen-bond acceptors (Lipinski definition) is 2. The Balaban J connectivity index is 3.64. The summed E-state index contributed by atoms with van der Waals surface area (Å²) in [5, 5.41) is 0. The van der Waals surface area contributed by atoms with E-state index in [0.29, 0.717) is 12.8 Å². The van der Waals surface area contributed by atoms with Crippen LogP contribution in [0.5, 0.6) is 0 Å². The Bertz CT molecular complexity index is 292. The molecule has 0 spiro atoms. The monoisotopic (exact) mass is 176 g/mol. The van der Waals surface area contributed by atoms with E-state index in [1.165, 1.54) is 7.11 Å². The molecular weight excluding hydrogens is 164 g/mol. The predicted octanol–water partition coefficient (Wildman–Crippen LogP) is 1.52. The molecule has 2 heteroatoms. The third-order valence-electron chi connectivity index (χ3n) is 1.15. The van der Waals surface area contributed by atoms with Gasteiger partial charge in [-0.2, -0.15) is 0 Å². The molecule has 0 saturated heterocycles. The van der Waals surface area contributed by atoms with Crippen molar-refractivity contribution in [3.8, 4) is 23.7 Å². The summed E-state index contributed by atoms with van der Waals surface area (Å²) in [7, 11) is 1.36. The van der Waals surface area contributed by atoms with Crippen molar-refractivity contribution in [3.63, 3.8) is 0 Å². The van der Waals surface area contributed by atoms with Gasteiger partial charge in [-0.25, -0.2) is 0 Å². The minimum absolute atomic E-state index is 0.240. The highest BCUT2D eigenvalue weighted by molar-refractivity contribution is 5.69. The summed E-state index contributed by atoms with van der Waals surface area (Å²) >= 11 is 0. The zero-order valence-corrected chi connectivity index (χ0v) is 7.89. The normalized spacial score (nSPS) is 8.15. The largest absolute Gasteiger partial charge is 0.469 e. The molecule has 0 aromatic rings. The molecule has 0 aromatic carbocycles. The molecule has 0 N–H and O–H groups in total. The van der Waals surface area contributed by atoms with Gasteiger partial charge in [0.2, 0.25) is 0 Å². The Labute approximate surface area is 79.0 Å². The van der Waals surface area contributed by atoms with E-state index in [-0.39, 0.29) is 5.97 Å². The number of ether oxygens (including phenoxy) is 1. The standard InChI is InChI=1S/C11H12O2/c1-3-4-5-6-7-8-9-10-11(12)13-2/h3-4H,9-10H2,1-2H3/b4-3-. The van der Waals surface area contributed by atoms with Gasteiger partial charge in [0.15, 0.2) is 0 Å². The number of allylic oxidation sites excluding steroid dienone is 2. The SMILES string of the molecule is C/C=C\C#CC#CCCC(=O)OC. The molecule has 0 radical (unpaired) electrons. The number of hydrogen-bond donors (Lipinski definition) is 0. The smallest absolute Gasteiger partial charge is 0.306 e. The van der Waals surface area contributed by atoms with Crippen molar-refractivity contribution in [1.29, 1.82) is 0 Å². The molecule has 0 heterocycles. The van der Waals surface area contributed by atoms with Gasteiger partial charge < -0.3 is 4.74 Å². The highest BCUT2D eigenvalue weighted by Gasteiger charge is 1.94. The van der Waals surface area contributed by atoms with Gasteiger partial charge in [-0.15, -0.1) is 0 Å². The highest BCUT2D eigenvalue weighted by atomic mass is 16.5. The second-order valence-corrected chi connectivity index (χ2v) is 2.15. The van der Waals surface area contributed by atoms with Gasteiger partial charge >= 0.3 is 5.97 Å². The van der Waals surface area contributed by atoms with Gasteiger partial charge in [0.05, 0.1) is 13.5 Å². The van der Waals surface area contributed by atoms with Crippen LogP contribution >= 0.6 is 0 Å². The third-order valence-corrected chi connectivity index (χ3v) is 1.15. The molecular formula is C11H12O2. The van der Waals surface area contributed by atoms with Gasteiger partial charge in [0.25, 0.3) is 0 Å². The first-order valence-corrected chi connectivity index (χ1v) is 3.97. The Kier molecular flexibility index (Phi) is 7.34. The van der Waals surface area contributed by atoms with Crippen molar-refractivity contribution in [2.24, 2.45) is 0 Å². The molecule has 0 aliphatic carbocycles. The van der Waals surface area contributed by atoms with Crippen molar-refractivity contribution in [2.45, 2.75) is 19.8 Å². The van der Waals surface area contributed by atoms with Gasteiger partial charge in [0, 0.05) is 6.42 Å². The average molecular weight is 176 g/mol. The van der Waals surface area contributed by atoms with E-state index in [1.54, 1.807) is 6.08 Å². The maximum Gasteiger partial charge on any atom is 0.306 e. The molecule has 0 unspecified atom stereocenters. The number of esters is 1. The molecule has 0 saturated carbocycles. The zero-order valence-electron chi connectivity index (χ0n) is 7.89. The van der Waals surface area contributed by atoms with Crippen LogP contribution in [-0.2, 0) is 9.53 Å². The third kappa shape index (κ3) is 8.23. The fourth-order valence-corrected chi connectivity index (χ4v) is 0.534. The average Bonchev–Trinajstić information content (AvgIpc) is 2.16. The first-order valence-electron chi connectivity index (χ1n) is 3.97. The number of carbonyl (C=O) groups excluding carboxylic acids is 1. The highest BCUT2D eigenvalue weighted by Crippen LogP contribution is 1.88. The maximum atomic E-state index is 10.6. The summed E-state index contributed by atoms with van der Waals surface area (Å²) in [6.45, 7) is 1.89. The Morgan fingerprint density at radius 2 is 2.23 bits per heavy atom. The molecule has 2 nitrogen and oxygen atoms in total. The Morgan fingerprint density at radius 1 is 1.46 bits per heavy atom. The summed E-state index contributed by atoms with van der Waals surface area (Å²) in [6, 6.07) is 0. The topological polar surface area (TPSA) is 26.3 Å². The lowest BCUT2D eigenvalue weighted by atomic mass is 10.3. The molecule has 0 rings (SSSR count). The van der Waals surface area contributed by atoms with Crippen LogP contribution in [0.1, 0.15) is 19.8 Å². The van der Waals surface area contributed by atoms with E-state index in [4.69, 9.17) is 0 Å². The van der Waals surface area contributed by atoms with Gasteiger partial charge in [0.1, 0.15) is 0 Å². The summed E-state index contributed by atoms with van der Waals surface area (Å²) in [5.74, 6) is 10.5. The van der Waals surface area contributed by atoms with E-state index >= 15 is 0 Å². The van der Waals surface area contributed by atoms with Crippen molar-refractivity contribution < 1.29 is 9.53 Å². The van der Waals surface area contributed by atoms with E-state index in [9.17, 15) is 4.79 Å². The molecule has 0 amide bonds. The van der Waals surface area contributed by atoms with Crippen LogP contribution in [0.3, 0.4) is 0 Å². The Hall–Kier alpha value is -1.67. The fourth-order valence-electron chi connectivity index (χ4n) is 0.534. The van der Waals surface area contributed by atoms with Crippen LogP contribution in [0.2, 0.25) is 0 Å². The molecule has 13 heavy (non-hydrogen) atoms. The summed E-state index contributed by atoms with van der Waals surface area (Å²) < 4.78 is 4.44. The summed E-state index contributed by atoms with van der Waals surface area (Å²) in [6.07, 6.45) is 4.38. The van der Waals surface area contributed by atoms with E-state index in [2.05, 4.69) is 28.4 Å². The van der Waals surface area contributed by atoms with E-state index in [0.717, 1.165) is 0 Å². The molecule has 0 bridgehead atoms. The second-order valence-electron chi connectivity index (χ2n) is 2.15. The minimum atomic E-state index is -0.240. The number of methoxy groups -OCH3 is 1. The Morgan fingerprint density at radius 3 is 2.85 bits per heavy atom. The van der Waals surface area contributed by atoms with Gasteiger partial charge in [-0.1, -0.05) is 17.9 Å². The van der Waals surface area contributed by atoms with Crippen molar-refractivity contribution in [1.82, 2.24) is 0 Å². The van der Waals surface area contributed by atoms with Crippen LogP contribution in [-0.4, -0.2) is 13.1 Å². The minimum Gasteiger partial charge on any atom is -0.469 e. The van der Waals surface area contributed by atoms with Crippen LogP contribution in [0.4, 0.5) is 0 Å². The van der Waals surface area contributed by atoms with Crippen molar-refractivity contribution in [2.75, 3.05) is 7.11 Å². The van der Waals surface area contributed by atoms with Crippen LogP contribution in [0, 0.1) is 23.7 Å². The van der Waals surface area contributed by atoms with Gasteiger partial charge in [-0.3, -0.25) is 4.79 Å².